The van der Waals surface area contributed by atoms with Crippen LogP contribution in [0.4, 0.5) is 0 Å². The summed E-state index contributed by atoms with van der Waals surface area (Å²) in [5, 5.41) is 0. The summed E-state index contributed by atoms with van der Waals surface area (Å²) >= 11 is 0. The first-order valence-corrected chi connectivity index (χ1v) is 12.9. The Balaban J connectivity index is 1.62. The number of nitrogens with zero attached hydrogens (tertiary/aromatic N) is 2. The van der Waals surface area contributed by atoms with Crippen molar-refractivity contribution < 1.29 is 14.3 Å². The Hall–Kier alpha value is -2.50. The number of hydrogen-bond acceptors (Lipinski definition) is 5. The molecule has 1 aliphatic heterocycles. The molecular formula is C29H40N2O3. The SMILES string of the molecule is CCN(CC)CCCC(=O)c1ccc2c(c1)Cc1cc(C(=O)CCCN(CC)CC)ccc1O2. The van der Waals surface area contributed by atoms with E-state index in [-0.39, 0.29) is 11.6 Å². The lowest BCUT2D eigenvalue weighted by atomic mass is 9.94. The molecule has 34 heavy (non-hydrogen) atoms. The monoisotopic (exact) mass is 464 g/mol. The van der Waals surface area contributed by atoms with Crippen molar-refractivity contribution in [3.63, 3.8) is 0 Å². The Kier molecular flexibility index (Phi) is 9.85. The maximum absolute atomic E-state index is 12.8. The molecular weight excluding hydrogens is 424 g/mol. The van der Waals surface area contributed by atoms with Crippen LogP contribution in [0.25, 0.3) is 0 Å². The Bertz CT molecular complexity index is 900. The van der Waals surface area contributed by atoms with Gasteiger partial charge in [0.1, 0.15) is 11.5 Å². The van der Waals surface area contributed by atoms with Crippen LogP contribution in [0.15, 0.2) is 36.4 Å². The first kappa shape index (κ1) is 26.1. The van der Waals surface area contributed by atoms with Crippen molar-refractivity contribution in [3.8, 4) is 11.5 Å². The van der Waals surface area contributed by atoms with Crippen LogP contribution in [0.2, 0.25) is 0 Å². The van der Waals surface area contributed by atoms with Crippen molar-refractivity contribution in [2.24, 2.45) is 0 Å². The summed E-state index contributed by atoms with van der Waals surface area (Å²) < 4.78 is 6.09. The molecule has 0 fully saturated rings. The number of rotatable bonds is 14. The van der Waals surface area contributed by atoms with Crippen molar-refractivity contribution in [1.29, 1.82) is 0 Å². The molecule has 0 bridgehead atoms. The lowest BCUT2D eigenvalue weighted by Crippen LogP contribution is -2.24. The molecule has 0 radical (unpaired) electrons. The minimum absolute atomic E-state index is 0.179. The van der Waals surface area contributed by atoms with Gasteiger partial charge in [-0.3, -0.25) is 9.59 Å². The van der Waals surface area contributed by atoms with Gasteiger partial charge in [0.05, 0.1) is 0 Å². The third-order valence-electron chi connectivity index (χ3n) is 6.91. The quantitative estimate of drug-likeness (QED) is 0.274. The number of carbonyl (C=O) groups excluding carboxylic acids is 2. The summed E-state index contributed by atoms with van der Waals surface area (Å²) in [4.78, 5) is 30.2. The highest BCUT2D eigenvalue weighted by Crippen LogP contribution is 2.37. The van der Waals surface area contributed by atoms with Gasteiger partial charge >= 0.3 is 0 Å². The van der Waals surface area contributed by atoms with E-state index in [0.717, 1.165) is 85.9 Å². The largest absolute Gasteiger partial charge is 0.457 e. The van der Waals surface area contributed by atoms with Gasteiger partial charge in [0, 0.05) is 41.5 Å². The molecule has 0 N–H and O–H groups in total. The standard InChI is InChI=1S/C29H40N2O3/c1-5-30(6-2)17-9-11-26(32)22-13-15-28-24(19-22)21-25-20-23(14-16-29(25)34-28)27(33)12-10-18-31(7-3)8-4/h13-16,19-20H,5-12,17-18,21H2,1-4H3. The number of Topliss-reactive ketones (excluding diaryl/α,β-unsaturated/α-hetero) is 2. The molecule has 5 nitrogen and oxygen atoms in total. The molecule has 0 aliphatic carbocycles. The molecule has 5 heteroatoms. The second kappa shape index (κ2) is 12.8. The zero-order valence-electron chi connectivity index (χ0n) is 21.4. The summed E-state index contributed by atoms with van der Waals surface area (Å²) in [6.07, 6.45) is 3.52. The smallest absolute Gasteiger partial charge is 0.162 e. The zero-order valence-corrected chi connectivity index (χ0v) is 21.4. The van der Waals surface area contributed by atoms with Crippen LogP contribution in [-0.2, 0) is 6.42 Å². The van der Waals surface area contributed by atoms with Gasteiger partial charge in [-0.2, -0.15) is 0 Å². The molecule has 0 aromatic heterocycles. The Morgan fingerprint density at radius 3 is 1.50 bits per heavy atom. The Labute approximate surface area is 205 Å². The van der Waals surface area contributed by atoms with Gasteiger partial charge in [-0.1, -0.05) is 27.7 Å². The predicted octanol–water partition coefficient (Wildman–Crippen LogP) is 5.99. The van der Waals surface area contributed by atoms with Crippen molar-refractivity contribution in [1.82, 2.24) is 9.80 Å². The highest BCUT2D eigenvalue weighted by Gasteiger charge is 2.20. The van der Waals surface area contributed by atoms with E-state index in [0.29, 0.717) is 19.3 Å². The average Bonchev–Trinajstić information content (AvgIpc) is 2.87. The van der Waals surface area contributed by atoms with Gasteiger partial charge in [0.15, 0.2) is 11.6 Å². The molecule has 3 rings (SSSR count). The van der Waals surface area contributed by atoms with Crippen LogP contribution in [-0.4, -0.2) is 60.6 Å². The zero-order chi connectivity index (χ0) is 24.5. The van der Waals surface area contributed by atoms with Gasteiger partial charge in [-0.05, 0) is 88.5 Å². The van der Waals surface area contributed by atoms with Crippen LogP contribution in [0.1, 0.15) is 85.2 Å². The van der Waals surface area contributed by atoms with E-state index in [2.05, 4.69) is 37.5 Å². The van der Waals surface area contributed by atoms with Gasteiger partial charge in [-0.25, -0.2) is 0 Å². The topological polar surface area (TPSA) is 49.9 Å². The first-order chi connectivity index (χ1) is 16.5. The average molecular weight is 465 g/mol. The second-order valence-corrected chi connectivity index (χ2v) is 9.03. The van der Waals surface area contributed by atoms with Crippen LogP contribution in [0, 0.1) is 0 Å². The molecule has 0 unspecified atom stereocenters. The van der Waals surface area contributed by atoms with E-state index in [9.17, 15) is 9.59 Å². The molecule has 0 atom stereocenters. The summed E-state index contributed by atoms with van der Waals surface area (Å²) in [7, 11) is 0. The number of ether oxygens (including phenoxy) is 1. The van der Waals surface area contributed by atoms with E-state index in [4.69, 9.17) is 4.74 Å². The van der Waals surface area contributed by atoms with Crippen molar-refractivity contribution >= 4 is 11.6 Å². The molecule has 2 aromatic carbocycles. The minimum atomic E-state index is 0.179. The van der Waals surface area contributed by atoms with Crippen molar-refractivity contribution in [2.75, 3.05) is 39.3 Å². The predicted molar refractivity (Wildman–Crippen MR) is 138 cm³/mol. The highest BCUT2D eigenvalue weighted by molar-refractivity contribution is 5.97. The maximum atomic E-state index is 12.8. The summed E-state index contributed by atoms with van der Waals surface area (Å²) in [5.41, 5.74) is 3.50. The van der Waals surface area contributed by atoms with Gasteiger partial charge in [-0.15, -0.1) is 0 Å². The summed E-state index contributed by atoms with van der Waals surface area (Å²) in [5.74, 6) is 1.95. The van der Waals surface area contributed by atoms with Crippen LogP contribution >= 0.6 is 0 Å². The highest BCUT2D eigenvalue weighted by atomic mass is 16.5. The minimum Gasteiger partial charge on any atom is -0.457 e. The number of hydrogen-bond donors (Lipinski definition) is 0. The van der Waals surface area contributed by atoms with Crippen LogP contribution in [0.5, 0.6) is 11.5 Å². The normalized spacial score (nSPS) is 12.4. The fourth-order valence-electron chi connectivity index (χ4n) is 4.60. The number of ketones is 2. The van der Waals surface area contributed by atoms with Gasteiger partial charge in [0.25, 0.3) is 0 Å². The number of carbonyl (C=O) groups is 2. The van der Waals surface area contributed by atoms with Gasteiger partial charge < -0.3 is 14.5 Å². The lowest BCUT2D eigenvalue weighted by Gasteiger charge is -2.21. The van der Waals surface area contributed by atoms with Crippen LogP contribution < -0.4 is 4.74 Å². The summed E-state index contributed by atoms with van der Waals surface area (Å²) in [6, 6.07) is 11.5. The van der Waals surface area contributed by atoms with Crippen molar-refractivity contribution in [2.45, 2.75) is 59.8 Å². The van der Waals surface area contributed by atoms with E-state index in [1.54, 1.807) is 0 Å². The third kappa shape index (κ3) is 6.77. The molecule has 0 saturated heterocycles. The van der Waals surface area contributed by atoms with E-state index < -0.39 is 0 Å². The van der Waals surface area contributed by atoms with Crippen molar-refractivity contribution in [3.05, 3.63) is 58.7 Å². The molecule has 2 aromatic rings. The Morgan fingerprint density at radius 1 is 0.706 bits per heavy atom. The third-order valence-corrected chi connectivity index (χ3v) is 6.91. The molecule has 184 valence electrons. The lowest BCUT2D eigenvalue weighted by molar-refractivity contribution is 0.0967. The first-order valence-electron chi connectivity index (χ1n) is 12.9. The second-order valence-electron chi connectivity index (χ2n) is 9.03. The Morgan fingerprint density at radius 2 is 1.12 bits per heavy atom. The summed E-state index contributed by atoms with van der Waals surface area (Å²) in [6.45, 7) is 14.6. The molecule has 1 heterocycles. The van der Waals surface area contributed by atoms with E-state index in [1.165, 1.54) is 0 Å². The van der Waals surface area contributed by atoms with Crippen LogP contribution in [0.3, 0.4) is 0 Å². The maximum Gasteiger partial charge on any atom is 0.162 e. The molecule has 0 spiro atoms. The fourth-order valence-corrected chi connectivity index (χ4v) is 4.60. The fraction of sp³-hybridized carbons (Fsp3) is 0.517. The number of benzene rings is 2. The van der Waals surface area contributed by atoms with E-state index >= 15 is 0 Å². The van der Waals surface area contributed by atoms with Gasteiger partial charge in [0.2, 0.25) is 0 Å². The molecule has 0 saturated carbocycles. The number of fused-ring (bicyclic) bond motifs is 2. The molecule has 0 amide bonds. The molecule has 1 aliphatic rings. The van der Waals surface area contributed by atoms with E-state index in [1.807, 2.05) is 36.4 Å².